The van der Waals surface area contributed by atoms with Gasteiger partial charge in [-0.3, -0.25) is 14.4 Å². The fourth-order valence-corrected chi connectivity index (χ4v) is 5.23. The highest BCUT2D eigenvalue weighted by atomic mass is 19.1. The summed E-state index contributed by atoms with van der Waals surface area (Å²) in [5, 5.41) is 17.0. The number of hydrogen-bond acceptors (Lipinski definition) is 11. The van der Waals surface area contributed by atoms with E-state index < -0.39 is 11.8 Å². The molecule has 1 aromatic rings. The number of ether oxygens (including phenoxy) is 5. The molecule has 47 heavy (non-hydrogen) atoms. The highest BCUT2D eigenvalue weighted by molar-refractivity contribution is 5.98. The van der Waals surface area contributed by atoms with Crippen LogP contribution in [0.5, 0.6) is 0 Å². The van der Waals surface area contributed by atoms with Crippen LogP contribution in [0.4, 0.5) is 4.39 Å². The van der Waals surface area contributed by atoms with E-state index in [1.54, 1.807) is 18.2 Å². The molecular weight excluding hydrogens is 615 g/mol. The second-order valence-electron chi connectivity index (χ2n) is 11.0. The minimum absolute atomic E-state index is 0.0346. The normalized spacial score (nSPS) is 19.9. The molecule has 3 atom stereocenters. The molecule has 3 amide bonds. The summed E-state index contributed by atoms with van der Waals surface area (Å²) >= 11 is 0. The van der Waals surface area contributed by atoms with Gasteiger partial charge in [0.2, 0.25) is 12.3 Å². The van der Waals surface area contributed by atoms with Crippen molar-refractivity contribution in [2.75, 3.05) is 106 Å². The van der Waals surface area contributed by atoms with E-state index >= 15 is 0 Å². The van der Waals surface area contributed by atoms with E-state index in [2.05, 4.69) is 16.1 Å². The lowest BCUT2D eigenvalue weighted by Gasteiger charge is -2.18. The molecule has 2 aliphatic rings. The lowest BCUT2D eigenvalue weighted by Crippen LogP contribution is -2.37. The first kappa shape index (κ1) is 38.0. The summed E-state index contributed by atoms with van der Waals surface area (Å²) in [6, 6.07) is 7.86. The van der Waals surface area contributed by atoms with Crippen molar-refractivity contribution in [1.29, 1.82) is 5.26 Å². The minimum Gasteiger partial charge on any atom is -0.377 e. The number of hydrogen-bond donors (Lipinski definition) is 3. The van der Waals surface area contributed by atoms with Gasteiger partial charge in [0, 0.05) is 51.7 Å². The van der Waals surface area contributed by atoms with Gasteiger partial charge < -0.3 is 39.2 Å². The maximum absolute atomic E-state index is 13.6. The van der Waals surface area contributed by atoms with Crippen molar-refractivity contribution in [3.05, 3.63) is 47.3 Å². The molecule has 2 heterocycles. The van der Waals surface area contributed by atoms with Gasteiger partial charge in [0.15, 0.2) is 0 Å². The summed E-state index contributed by atoms with van der Waals surface area (Å²) in [5.74, 6) is -1.97. The summed E-state index contributed by atoms with van der Waals surface area (Å²) in [6.07, 6.45) is 3.05. The van der Waals surface area contributed by atoms with Gasteiger partial charge in [-0.1, -0.05) is 12.1 Å². The van der Waals surface area contributed by atoms with E-state index in [9.17, 15) is 24.0 Å². The van der Waals surface area contributed by atoms with Gasteiger partial charge in [0.05, 0.1) is 72.0 Å². The number of carbonyl (C=O) groups is 3. The van der Waals surface area contributed by atoms with Crippen molar-refractivity contribution in [2.24, 2.45) is 5.92 Å². The van der Waals surface area contributed by atoms with Crippen molar-refractivity contribution in [1.82, 2.24) is 26.0 Å². The largest absolute Gasteiger partial charge is 0.377 e. The predicted octanol–water partition coefficient (Wildman–Crippen LogP) is -0.0284. The van der Waals surface area contributed by atoms with E-state index in [0.717, 1.165) is 18.5 Å². The SMILES string of the molecule is CN1CCC(/C=C(\C#N)C(=O)N2C[C@@H](C(=O)NCCOCCOCCOCCOCCOCCNC=O)[C@H](c3ccc(F)cc3)C2)N1. The van der Waals surface area contributed by atoms with Crippen LogP contribution in [0.3, 0.4) is 0 Å². The molecular formula is C32H47FN6O8. The molecule has 2 saturated heterocycles. The van der Waals surface area contributed by atoms with Crippen LogP contribution in [0.2, 0.25) is 0 Å². The second-order valence-corrected chi connectivity index (χ2v) is 11.0. The first-order valence-electron chi connectivity index (χ1n) is 15.9. The van der Waals surface area contributed by atoms with Gasteiger partial charge in [-0.25, -0.2) is 14.8 Å². The molecule has 0 spiro atoms. The van der Waals surface area contributed by atoms with Gasteiger partial charge >= 0.3 is 0 Å². The van der Waals surface area contributed by atoms with E-state index in [0.29, 0.717) is 72.4 Å². The number of nitrogens with one attached hydrogen (secondary N) is 3. The van der Waals surface area contributed by atoms with E-state index in [-0.39, 0.29) is 55.5 Å². The molecule has 3 N–H and O–H groups in total. The number of nitrogens with zero attached hydrogens (tertiary/aromatic N) is 3. The Morgan fingerprint density at radius 1 is 0.936 bits per heavy atom. The Morgan fingerprint density at radius 2 is 1.51 bits per heavy atom. The molecule has 14 nitrogen and oxygen atoms in total. The summed E-state index contributed by atoms with van der Waals surface area (Å²) < 4.78 is 40.8. The van der Waals surface area contributed by atoms with Crippen molar-refractivity contribution >= 4 is 18.2 Å². The fourth-order valence-electron chi connectivity index (χ4n) is 5.23. The van der Waals surface area contributed by atoms with E-state index in [4.69, 9.17) is 23.7 Å². The topological polar surface area (TPSA) is 164 Å². The molecule has 2 aliphatic heterocycles. The monoisotopic (exact) mass is 662 g/mol. The van der Waals surface area contributed by atoms with Crippen molar-refractivity contribution in [2.45, 2.75) is 18.4 Å². The third kappa shape index (κ3) is 14.0. The standard InChI is InChI=1S/C32H47FN6O8/c1-38-9-6-28(37-38)20-26(21-34)32(42)39-22-29(25-2-4-27(33)5-3-25)30(23-39)31(41)36-8-11-44-13-15-46-17-19-47-18-16-45-14-12-43-10-7-35-24-40/h2-5,20,24,28-30,37H,6-19,22-23H2,1H3,(H,35,40)(H,36,41)/b26-20+/t28?,29-,30+/m0/s1. The van der Waals surface area contributed by atoms with E-state index in [1.165, 1.54) is 17.0 Å². The molecule has 15 heteroatoms. The van der Waals surface area contributed by atoms with Crippen LogP contribution in [0.15, 0.2) is 35.9 Å². The maximum Gasteiger partial charge on any atom is 0.264 e. The number of amides is 3. The van der Waals surface area contributed by atoms with Gasteiger partial charge in [-0.2, -0.15) is 5.26 Å². The minimum atomic E-state index is -0.570. The summed E-state index contributed by atoms with van der Waals surface area (Å²) in [5.41, 5.74) is 3.98. The quantitative estimate of drug-likeness (QED) is 0.0624. The molecule has 0 radical (unpaired) electrons. The van der Waals surface area contributed by atoms with Crippen LogP contribution in [-0.2, 0) is 38.1 Å². The van der Waals surface area contributed by atoms with Crippen LogP contribution in [0.25, 0.3) is 0 Å². The number of hydrazine groups is 1. The average Bonchev–Trinajstić information content (AvgIpc) is 3.71. The highest BCUT2D eigenvalue weighted by Crippen LogP contribution is 2.34. The Bertz CT molecular complexity index is 1170. The molecule has 0 aromatic heterocycles. The van der Waals surface area contributed by atoms with Gasteiger partial charge in [-0.05, 0) is 30.2 Å². The molecule has 3 rings (SSSR count). The number of carbonyl (C=O) groups excluding carboxylic acids is 3. The number of halogens is 1. The van der Waals surface area contributed by atoms with Gasteiger partial charge in [-0.15, -0.1) is 0 Å². The zero-order valence-corrected chi connectivity index (χ0v) is 27.0. The van der Waals surface area contributed by atoms with Crippen LogP contribution in [0, 0.1) is 23.1 Å². The second kappa shape index (κ2) is 22.1. The Morgan fingerprint density at radius 3 is 2.04 bits per heavy atom. The number of likely N-dealkylation sites (tertiary alicyclic amines) is 1. The fraction of sp³-hybridized carbons (Fsp3) is 0.625. The Hall–Kier alpha value is -3.49. The first-order valence-corrected chi connectivity index (χ1v) is 15.9. The average molecular weight is 663 g/mol. The lowest BCUT2D eigenvalue weighted by atomic mass is 9.88. The summed E-state index contributed by atoms with van der Waals surface area (Å²) in [4.78, 5) is 38.2. The Labute approximate surface area is 275 Å². The highest BCUT2D eigenvalue weighted by Gasteiger charge is 2.41. The van der Waals surface area contributed by atoms with Crippen molar-refractivity contribution in [3.8, 4) is 6.07 Å². The molecule has 1 aromatic carbocycles. The van der Waals surface area contributed by atoms with Gasteiger partial charge in [0.1, 0.15) is 17.5 Å². The Kier molecular flexibility index (Phi) is 17.9. The molecule has 0 saturated carbocycles. The molecule has 0 aliphatic carbocycles. The van der Waals surface area contributed by atoms with Crippen molar-refractivity contribution in [3.63, 3.8) is 0 Å². The molecule has 2 fully saturated rings. The van der Waals surface area contributed by atoms with Crippen LogP contribution < -0.4 is 16.1 Å². The van der Waals surface area contributed by atoms with Crippen LogP contribution in [0.1, 0.15) is 17.9 Å². The zero-order chi connectivity index (χ0) is 33.7. The van der Waals surface area contributed by atoms with Crippen LogP contribution in [-0.4, -0.2) is 140 Å². The smallest absolute Gasteiger partial charge is 0.264 e. The lowest BCUT2D eigenvalue weighted by molar-refractivity contribution is -0.127. The van der Waals surface area contributed by atoms with Crippen molar-refractivity contribution < 1.29 is 42.5 Å². The number of benzene rings is 1. The third-order valence-corrected chi connectivity index (χ3v) is 7.63. The van der Waals surface area contributed by atoms with Crippen LogP contribution >= 0.6 is 0 Å². The molecule has 0 bridgehead atoms. The number of nitriles is 1. The van der Waals surface area contributed by atoms with Gasteiger partial charge in [0.25, 0.3) is 5.91 Å². The zero-order valence-electron chi connectivity index (χ0n) is 27.0. The summed E-state index contributed by atoms with van der Waals surface area (Å²) in [7, 11) is 1.90. The van der Waals surface area contributed by atoms with E-state index in [1.807, 2.05) is 18.1 Å². The number of rotatable bonds is 23. The maximum atomic E-state index is 13.6. The first-order chi connectivity index (χ1) is 22.9. The Balaban J connectivity index is 1.31. The summed E-state index contributed by atoms with van der Waals surface area (Å²) in [6.45, 7) is 5.97. The predicted molar refractivity (Wildman–Crippen MR) is 168 cm³/mol. The third-order valence-electron chi connectivity index (χ3n) is 7.63. The molecule has 260 valence electrons. The molecule has 1 unspecified atom stereocenters.